The van der Waals surface area contributed by atoms with E-state index in [1.165, 1.54) is 6.92 Å². The number of carbonyl (C=O) groups excluding carboxylic acids is 2. The van der Waals surface area contributed by atoms with Gasteiger partial charge in [0.2, 0.25) is 5.91 Å². The standard InChI is InChI=1S/C26H42N2O4/c1-7-11-22(19(2)27-20(3)30)16-26(24(31)32-25(4,5)6)23(18-29)14-15-28(26)17-21-12-9-8-10-13-21/h8-10,12-13,19,22-23,29H,7,11,14-18H2,1-6H3,(H,27,30)/t19?,22?,23-,26+/m0/s1. The Morgan fingerprint density at radius 2 is 1.94 bits per heavy atom. The fraction of sp³-hybridized carbons (Fsp3) is 0.692. The highest BCUT2D eigenvalue weighted by molar-refractivity contribution is 5.82. The monoisotopic (exact) mass is 446 g/mol. The minimum absolute atomic E-state index is 0.0715. The highest BCUT2D eigenvalue weighted by Crippen LogP contribution is 2.44. The summed E-state index contributed by atoms with van der Waals surface area (Å²) in [6.07, 6.45) is 3.09. The first-order chi connectivity index (χ1) is 15.0. The van der Waals surface area contributed by atoms with Crippen molar-refractivity contribution in [3.05, 3.63) is 35.9 Å². The van der Waals surface area contributed by atoms with Gasteiger partial charge in [-0.1, -0.05) is 43.7 Å². The maximum atomic E-state index is 13.9. The van der Waals surface area contributed by atoms with Crippen molar-refractivity contribution in [2.75, 3.05) is 13.2 Å². The number of aliphatic hydroxyl groups excluding tert-OH is 1. The lowest BCUT2D eigenvalue weighted by molar-refractivity contribution is -0.174. The molecule has 0 aromatic heterocycles. The third-order valence-electron chi connectivity index (χ3n) is 6.55. The first-order valence-corrected chi connectivity index (χ1v) is 11.9. The van der Waals surface area contributed by atoms with Crippen LogP contribution in [0.5, 0.6) is 0 Å². The molecule has 1 heterocycles. The number of hydrogen-bond acceptors (Lipinski definition) is 5. The van der Waals surface area contributed by atoms with E-state index in [2.05, 4.69) is 29.3 Å². The highest BCUT2D eigenvalue weighted by Gasteiger charge is 2.56. The van der Waals surface area contributed by atoms with Crippen molar-refractivity contribution in [2.24, 2.45) is 11.8 Å². The van der Waals surface area contributed by atoms with Gasteiger partial charge in [0.1, 0.15) is 11.1 Å². The van der Waals surface area contributed by atoms with Crippen LogP contribution in [0.3, 0.4) is 0 Å². The van der Waals surface area contributed by atoms with E-state index >= 15 is 0 Å². The summed E-state index contributed by atoms with van der Waals surface area (Å²) in [4.78, 5) is 27.9. The van der Waals surface area contributed by atoms with Gasteiger partial charge < -0.3 is 15.2 Å². The molecule has 2 unspecified atom stereocenters. The Labute approximate surface area is 193 Å². The number of likely N-dealkylation sites (tertiary alicyclic amines) is 1. The van der Waals surface area contributed by atoms with Gasteiger partial charge in [0.15, 0.2) is 0 Å². The van der Waals surface area contributed by atoms with Gasteiger partial charge in [-0.3, -0.25) is 14.5 Å². The van der Waals surface area contributed by atoms with Gasteiger partial charge in [0.05, 0.1) is 0 Å². The van der Waals surface area contributed by atoms with E-state index in [1.807, 2.05) is 45.9 Å². The summed E-state index contributed by atoms with van der Waals surface area (Å²) < 4.78 is 5.99. The summed E-state index contributed by atoms with van der Waals surface area (Å²) in [6, 6.07) is 10.0. The predicted molar refractivity (Wildman–Crippen MR) is 127 cm³/mol. The Hall–Kier alpha value is -1.92. The fourth-order valence-electron chi connectivity index (χ4n) is 5.05. The van der Waals surface area contributed by atoms with Crippen LogP contribution >= 0.6 is 0 Å². The molecule has 32 heavy (non-hydrogen) atoms. The summed E-state index contributed by atoms with van der Waals surface area (Å²) in [6.45, 7) is 12.6. The van der Waals surface area contributed by atoms with E-state index in [1.54, 1.807) is 0 Å². The van der Waals surface area contributed by atoms with Crippen molar-refractivity contribution in [3.8, 4) is 0 Å². The zero-order valence-corrected chi connectivity index (χ0v) is 20.7. The quantitative estimate of drug-likeness (QED) is 0.533. The third-order valence-corrected chi connectivity index (χ3v) is 6.55. The summed E-state index contributed by atoms with van der Waals surface area (Å²) in [7, 11) is 0. The first-order valence-electron chi connectivity index (χ1n) is 11.9. The molecule has 1 amide bonds. The third kappa shape index (κ3) is 6.55. The van der Waals surface area contributed by atoms with E-state index in [0.717, 1.165) is 24.8 Å². The zero-order chi connectivity index (χ0) is 23.9. The smallest absolute Gasteiger partial charge is 0.327 e. The molecule has 1 aliphatic heterocycles. The number of aliphatic hydroxyl groups is 1. The molecule has 180 valence electrons. The molecular weight excluding hydrogens is 404 g/mol. The van der Waals surface area contributed by atoms with Gasteiger partial charge in [0, 0.05) is 38.6 Å². The van der Waals surface area contributed by atoms with Crippen molar-refractivity contribution < 1.29 is 19.4 Å². The van der Waals surface area contributed by atoms with Gasteiger partial charge >= 0.3 is 5.97 Å². The molecule has 2 N–H and O–H groups in total. The van der Waals surface area contributed by atoms with Crippen LogP contribution in [0, 0.1) is 11.8 Å². The Balaban J connectivity index is 2.50. The van der Waals surface area contributed by atoms with Crippen LogP contribution in [0.4, 0.5) is 0 Å². The highest BCUT2D eigenvalue weighted by atomic mass is 16.6. The number of carbonyl (C=O) groups is 2. The number of esters is 1. The second-order valence-electron chi connectivity index (χ2n) is 10.2. The lowest BCUT2D eigenvalue weighted by Crippen LogP contribution is -2.59. The van der Waals surface area contributed by atoms with Crippen LogP contribution in [0.2, 0.25) is 0 Å². The van der Waals surface area contributed by atoms with Crippen LogP contribution in [-0.2, 0) is 20.9 Å². The Bertz CT molecular complexity index is 746. The largest absolute Gasteiger partial charge is 0.459 e. The average Bonchev–Trinajstić information content (AvgIpc) is 3.04. The molecule has 0 bridgehead atoms. The lowest BCUT2D eigenvalue weighted by atomic mass is 9.74. The van der Waals surface area contributed by atoms with Crippen molar-refractivity contribution in [1.29, 1.82) is 0 Å². The summed E-state index contributed by atoms with van der Waals surface area (Å²) >= 11 is 0. The van der Waals surface area contributed by atoms with E-state index in [0.29, 0.717) is 19.5 Å². The number of amides is 1. The molecule has 2 rings (SSSR count). The van der Waals surface area contributed by atoms with Crippen LogP contribution in [-0.4, -0.2) is 52.2 Å². The second-order valence-corrected chi connectivity index (χ2v) is 10.2. The van der Waals surface area contributed by atoms with Crippen LogP contribution in [0.25, 0.3) is 0 Å². The van der Waals surface area contributed by atoms with Gasteiger partial charge in [-0.2, -0.15) is 0 Å². The van der Waals surface area contributed by atoms with Gasteiger partial charge in [-0.25, -0.2) is 0 Å². The molecule has 0 radical (unpaired) electrons. The molecule has 1 fully saturated rings. The van der Waals surface area contributed by atoms with Crippen molar-refractivity contribution >= 4 is 11.9 Å². The molecule has 1 aromatic rings. The molecule has 1 saturated heterocycles. The average molecular weight is 447 g/mol. The van der Waals surface area contributed by atoms with Crippen molar-refractivity contribution in [2.45, 2.75) is 91.0 Å². The predicted octanol–water partition coefficient (Wildman–Crippen LogP) is 3.91. The molecule has 1 aliphatic rings. The van der Waals surface area contributed by atoms with Crippen LogP contribution in [0.1, 0.15) is 72.8 Å². The molecule has 6 heteroatoms. The second kappa shape index (κ2) is 11.3. The summed E-state index contributed by atoms with van der Waals surface area (Å²) in [5.41, 5.74) is -0.444. The molecule has 0 aliphatic carbocycles. The Morgan fingerprint density at radius 1 is 1.28 bits per heavy atom. The normalized spacial score (nSPS) is 23.5. The number of benzene rings is 1. The summed E-state index contributed by atoms with van der Waals surface area (Å²) in [5.74, 6) is -0.475. The van der Waals surface area contributed by atoms with Gasteiger partial charge in [-0.15, -0.1) is 0 Å². The number of hydrogen-bond donors (Lipinski definition) is 2. The number of nitrogens with one attached hydrogen (secondary N) is 1. The maximum Gasteiger partial charge on any atom is 0.327 e. The summed E-state index contributed by atoms with van der Waals surface area (Å²) in [5, 5.41) is 13.4. The molecule has 4 atom stereocenters. The van der Waals surface area contributed by atoms with Gasteiger partial charge in [-0.05, 0) is 58.4 Å². The van der Waals surface area contributed by atoms with E-state index in [-0.39, 0.29) is 36.4 Å². The minimum atomic E-state index is -0.940. The molecular formula is C26H42N2O4. The lowest BCUT2D eigenvalue weighted by Gasteiger charge is -2.44. The van der Waals surface area contributed by atoms with Gasteiger partial charge in [0.25, 0.3) is 0 Å². The number of nitrogens with zero attached hydrogens (tertiary/aromatic N) is 1. The zero-order valence-electron chi connectivity index (χ0n) is 20.7. The fourth-order valence-corrected chi connectivity index (χ4v) is 5.05. The van der Waals surface area contributed by atoms with Crippen molar-refractivity contribution in [1.82, 2.24) is 10.2 Å². The SMILES string of the molecule is CCCC(C[C@]1(C(=O)OC(C)(C)C)[C@H](CO)CCN1Cc1ccccc1)C(C)NC(C)=O. The molecule has 0 spiro atoms. The first kappa shape index (κ1) is 26.3. The minimum Gasteiger partial charge on any atom is -0.459 e. The van der Waals surface area contributed by atoms with Crippen molar-refractivity contribution in [3.63, 3.8) is 0 Å². The topological polar surface area (TPSA) is 78.9 Å². The Morgan fingerprint density at radius 3 is 2.47 bits per heavy atom. The van der Waals surface area contributed by atoms with E-state index in [4.69, 9.17) is 4.74 Å². The Kier molecular flexibility index (Phi) is 9.28. The maximum absolute atomic E-state index is 13.9. The number of rotatable bonds is 10. The molecule has 1 aromatic carbocycles. The molecule has 0 saturated carbocycles. The van der Waals surface area contributed by atoms with Crippen LogP contribution in [0.15, 0.2) is 30.3 Å². The molecule has 6 nitrogen and oxygen atoms in total. The van der Waals surface area contributed by atoms with Crippen LogP contribution < -0.4 is 5.32 Å². The number of ether oxygens (including phenoxy) is 1. The van der Waals surface area contributed by atoms with E-state index in [9.17, 15) is 14.7 Å². The van der Waals surface area contributed by atoms with E-state index < -0.39 is 11.1 Å².